The summed E-state index contributed by atoms with van der Waals surface area (Å²) >= 11 is 0. The first kappa shape index (κ1) is 15.7. The van der Waals surface area contributed by atoms with E-state index in [1.54, 1.807) is 18.5 Å². The fourth-order valence-electron chi connectivity index (χ4n) is 3.10. The van der Waals surface area contributed by atoms with Crippen LogP contribution in [-0.4, -0.2) is 52.7 Å². The van der Waals surface area contributed by atoms with Crippen LogP contribution in [0.25, 0.3) is 11.3 Å². The molecule has 6 heteroatoms. The predicted octanol–water partition coefficient (Wildman–Crippen LogP) is 1.93. The number of hydrogen-bond acceptors (Lipinski definition) is 4. The van der Waals surface area contributed by atoms with E-state index in [4.69, 9.17) is 0 Å². The number of amides is 1. The second-order valence-corrected chi connectivity index (χ2v) is 6.22. The highest BCUT2D eigenvalue weighted by Crippen LogP contribution is 2.18. The highest BCUT2D eigenvalue weighted by molar-refractivity contribution is 5.93. The molecule has 23 heavy (non-hydrogen) atoms. The van der Waals surface area contributed by atoms with Crippen molar-refractivity contribution < 1.29 is 4.79 Å². The molecule has 3 rings (SSSR count). The smallest absolute Gasteiger partial charge is 0.269 e. The van der Waals surface area contributed by atoms with Crippen molar-refractivity contribution in [1.29, 1.82) is 0 Å². The normalized spacial score (nSPS) is 18.7. The van der Waals surface area contributed by atoms with Crippen LogP contribution in [0.5, 0.6) is 0 Å². The van der Waals surface area contributed by atoms with Crippen LogP contribution in [0.4, 0.5) is 0 Å². The molecule has 1 aliphatic heterocycles. The second-order valence-electron chi connectivity index (χ2n) is 6.22. The lowest BCUT2D eigenvalue weighted by Crippen LogP contribution is -2.34. The van der Waals surface area contributed by atoms with Gasteiger partial charge >= 0.3 is 0 Å². The summed E-state index contributed by atoms with van der Waals surface area (Å²) in [5, 5.41) is 9.99. The molecule has 2 aromatic rings. The van der Waals surface area contributed by atoms with Crippen LogP contribution in [0.1, 0.15) is 29.8 Å². The molecule has 3 heterocycles. The van der Waals surface area contributed by atoms with Gasteiger partial charge in [0.05, 0.1) is 5.69 Å². The molecule has 0 aliphatic carbocycles. The maximum Gasteiger partial charge on any atom is 0.269 e. The summed E-state index contributed by atoms with van der Waals surface area (Å²) in [6.07, 6.45) is 6.97. The van der Waals surface area contributed by atoms with E-state index in [2.05, 4.69) is 32.4 Å². The van der Waals surface area contributed by atoms with E-state index < -0.39 is 0 Å². The summed E-state index contributed by atoms with van der Waals surface area (Å²) in [6.45, 7) is 3.03. The van der Waals surface area contributed by atoms with Crippen molar-refractivity contribution in [2.45, 2.75) is 19.3 Å². The molecule has 1 fully saturated rings. The number of pyridine rings is 1. The molecule has 2 aromatic heterocycles. The van der Waals surface area contributed by atoms with E-state index in [1.165, 1.54) is 19.4 Å². The lowest BCUT2D eigenvalue weighted by Gasteiger charge is -2.29. The summed E-state index contributed by atoms with van der Waals surface area (Å²) < 4.78 is 0. The minimum absolute atomic E-state index is 0.0954. The van der Waals surface area contributed by atoms with Crippen molar-refractivity contribution >= 4 is 5.91 Å². The number of aromatic nitrogens is 3. The summed E-state index contributed by atoms with van der Waals surface area (Å²) in [7, 11) is 2.16. The molecule has 1 atom stereocenters. The van der Waals surface area contributed by atoms with Gasteiger partial charge in [0.25, 0.3) is 5.91 Å². The van der Waals surface area contributed by atoms with E-state index in [9.17, 15) is 4.79 Å². The highest BCUT2D eigenvalue weighted by Gasteiger charge is 2.17. The quantitative estimate of drug-likeness (QED) is 0.884. The van der Waals surface area contributed by atoms with Gasteiger partial charge in [-0.3, -0.25) is 14.9 Å². The topological polar surface area (TPSA) is 73.9 Å². The first-order valence-corrected chi connectivity index (χ1v) is 8.15. The van der Waals surface area contributed by atoms with Gasteiger partial charge in [0.1, 0.15) is 5.69 Å². The number of rotatable bonds is 5. The van der Waals surface area contributed by atoms with E-state index in [-0.39, 0.29) is 5.91 Å². The molecule has 1 amide bonds. The minimum Gasteiger partial charge on any atom is -0.351 e. The van der Waals surface area contributed by atoms with Crippen molar-refractivity contribution in [2.75, 3.05) is 26.7 Å². The van der Waals surface area contributed by atoms with Crippen LogP contribution in [0.3, 0.4) is 0 Å². The fourth-order valence-corrected chi connectivity index (χ4v) is 3.10. The molecule has 0 spiro atoms. The van der Waals surface area contributed by atoms with Gasteiger partial charge in [-0.25, -0.2) is 0 Å². The molecular weight excluding hydrogens is 290 g/mol. The minimum atomic E-state index is -0.0954. The molecule has 1 aliphatic rings. The first-order chi connectivity index (χ1) is 11.2. The number of nitrogens with one attached hydrogen (secondary N) is 2. The summed E-state index contributed by atoms with van der Waals surface area (Å²) in [5.41, 5.74) is 2.20. The largest absolute Gasteiger partial charge is 0.351 e. The Morgan fingerprint density at radius 3 is 3.04 bits per heavy atom. The second kappa shape index (κ2) is 7.37. The Hall–Kier alpha value is -2.21. The Balaban J connectivity index is 1.50. The number of nitrogens with zero attached hydrogens (tertiary/aromatic N) is 3. The van der Waals surface area contributed by atoms with Crippen LogP contribution < -0.4 is 5.32 Å². The average Bonchev–Trinajstić information content (AvgIpc) is 3.06. The van der Waals surface area contributed by atoms with Gasteiger partial charge in [0.2, 0.25) is 0 Å². The molecule has 6 nitrogen and oxygen atoms in total. The summed E-state index contributed by atoms with van der Waals surface area (Å²) in [6, 6.07) is 5.52. The van der Waals surface area contributed by atoms with Crippen LogP contribution in [-0.2, 0) is 0 Å². The monoisotopic (exact) mass is 313 g/mol. The SMILES string of the molecule is CN1CCC[C@H](CCNC(=O)c2cc(-c3ccncc3)n[nH]2)C1. The molecular formula is C17H23N5O. The third-order valence-electron chi connectivity index (χ3n) is 4.36. The number of aromatic amines is 1. The van der Waals surface area contributed by atoms with Gasteiger partial charge in [-0.15, -0.1) is 0 Å². The molecule has 122 valence electrons. The molecule has 0 radical (unpaired) electrons. The van der Waals surface area contributed by atoms with E-state index in [0.29, 0.717) is 18.2 Å². The van der Waals surface area contributed by atoms with Gasteiger partial charge < -0.3 is 10.2 Å². The number of H-pyrrole nitrogens is 1. The lowest BCUT2D eigenvalue weighted by molar-refractivity contribution is 0.0943. The zero-order valence-electron chi connectivity index (χ0n) is 13.5. The number of carbonyl (C=O) groups excluding carboxylic acids is 1. The van der Waals surface area contributed by atoms with Gasteiger partial charge in [-0.1, -0.05) is 0 Å². The first-order valence-electron chi connectivity index (χ1n) is 8.15. The summed E-state index contributed by atoms with van der Waals surface area (Å²) in [5.74, 6) is 0.588. The lowest BCUT2D eigenvalue weighted by atomic mass is 9.95. The Morgan fingerprint density at radius 1 is 1.43 bits per heavy atom. The van der Waals surface area contributed by atoms with E-state index in [0.717, 1.165) is 24.2 Å². The van der Waals surface area contributed by atoms with Crippen molar-refractivity contribution in [3.8, 4) is 11.3 Å². The zero-order valence-corrected chi connectivity index (χ0v) is 13.5. The van der Waals surface area contributed by atoms with Crippen molar-refractivity contribution in [1.82, 2.24) is 25.4 Å². The van der Waals surface area contributed by atoms with Gasteiger partial charge in [0.15, 0.2) is 0 Å². The summed E-state index contributed by atoms with van der Waals surface area (Å²) in [4.78, 5) is 18.5. The Morgan fingerprint density at radius 2 is 2.26 bits per heavy atom. The van der Waals surface area contributed by atoms with Gasteiger partial charge in [0, 0.05) is 31.0 Å². The fraction of sp³-hybridized carbons (Fsp3) is 0.471. The standard InChI is InChI=1S/C17H23N5O/c1-22-10-2-3-13(12-22)4-9-19-17(23)16-11-15(20-21-16)14-5-7-18-8-6-14/h5-8,11,13H,2-4,9-10,12H2,1H3,(H,19,23)(H,20,21)/t13-/m1/s1. The van der Waals surface area contributed by atoms with Crippen LogP contribution in [0, 0.1) is 5.92 Å². The van der Waals surface area contributed by atoms with Gasteiger partial charge in [-0.2, -0.15) is 5.10 Å². The van der Waals surface area contributed by atoms with Crippen molar-refractivity contribution in [3.63, 3.8) is 0 Å². The predicted molar refractivity (Wildman–Crippen MR) is 89.0 cm³/mol. The third kappa shape index (κ3) is 4.16. The van der Waals surface area contributed by atoms with E-state index in [1.807, 2.05) is 12.1 Å². The molecule has 0 bridgehead atoms. The number of likely N-dealkylation sites (tertiary alicyclic amines) is 1. The Bertz CT molecular complexity index is 639. The maximum absolute atomic E-state index is 12.2. The average molecular weight is 313 g/mol. The molecule has 0 saturated carbocycles. The Kier molecular flexibility index (Phi) is 5.02. The Labute approximate surface area is 136 Å². The maximum atomic E-state index is 12.2. The van der Waals surface area contributed by atoms with Gasteiger partial charge in [-0.05, 0) is 57.0 Å². The molecule has 1 saturated heterocycles. The van der Waals surface area contributed by atoms with Crippen LogP contribution >= 0.6 is 0 Å². The van der Waals surface area contributed by atoms with Crippen molar-refractivity contribution in [2.24, 2.45) is 5.92 Å². The number of hydrogen-bond donors (Lipinski definition) is 2. The van der Waals surface area contributed by atoms with E-state index >= 15 is 0 Å². The molecule has 2 N–H and O–H groups in total. The van der Waals surface area contributed by atoms with Crippen LogP contribution in [0.15, 0.2) is 30.6 Å². The van der Waals surface area contributed by atoms with Crippen LogP contribution in [0.2, 0.25) is 0 Å². The molecule has 0 aromatic carbocycles. The number of carbonyl (C=O) groups is 1. The molecule has 0 unspecified atom stereocenters. The third-order valence-corrected chi connectivity index (χ3v) is 4.36. The highest BCUT2D eigenvalue weighted by atomic mass is 16.1. The zero-order chi connectivity index (χ0) is 16.1. The number of piperidine rings is 1. The van der Waals surface area contributed by atoms with Crippen molar-refractivity contribution in [3.05, 3.63) is 36.3 Å².